The number of hydrogen-bond donors (Lipinski definition) is 1. The molecule has 1 heterocycles. The van der Waals surface area contributed by atoms with Crippen LogP contribution in [-0.4, -0.2) is 48.5 Å². The van der Waals surface area contributed by atoms with Crippen molar-refractivity contribution < 1.29 is 19.5 Å². The number of carboxylic acid groups (broad SMARTS) is 1. The maximum Gasteiger partial charge on any atom is 0.247 e. The van der Waals surface area contributed by atoms with Gasteiger partial charge in [0.15, 0.2) is 5.17 Å². The number of hydrogen-bond acceptors (Lipinski definition) is 8. The lowest BCUT2D eigenvalue weighted by molar-refractivity contribution is -0.255. The van der Waals surface area contributed by atoms with E-state index in [2.05, 4.69) is 10.2 Å². The molecule has 0 unspecified atom stereocenters. The molecule has 2 amide bonds. The third kappa shape index (κ3) is 5.28. The Morgan fingerprint density at radius 2 is 1.94 bits per heavy atom. The SMILES string of the molecule is CN(C)c1ccc(/C=N\N=C(N)S[C@H]2CC(=O)N(c3cccc(C(=O)[O-])c3)C2=O)cc1. The van der Waals surface area contributed by atoms with Gasteiger partial charge in [0.05, 0.1) is 17.9 Å². The summed E-state index contributed by atoms with van der Waals surface area (Å²) in [5, 5.41) is 18.1. The number of amidine groups is 1. The molecule has 0 aliphatic carbocycles. The number of carboxylic acids is 1. The van der Waals surface area contributed by atoms with Gasteiger partial charge in [-0.3, -0.25) is 9.59 Å². The van der Waals surface area contributed by atoms with Crippen LogP contribution in [0, 0.1) is 0 Å². The molecular weight excluding hydrogens is 418 g/mol. The summed E-state index contributed by atoms with van der Waals surface area (Å²) in [7, 11) is 3.89. The van der Waals surface area contributed by atoms with Crippen LogP contribution in [0.1, 0.15) is 22.3 Å². The molecule has 2 aromatic carbocycles. The summed E-state index contributed by atoms with van der Waals surface area (Å²) in [6, 6.07) is 13.1. The fourth-order valence-electron chi connectivity index (χ4n) is 2.92. The molecule has 9 nitrogen and oxygen atoms in total. The Kier molecular flexibility index (Phi) is 6.71. The number of carbonyl (C=O) groups is 3. The number of carbonyl (C=O) groups excluding carboxylic acids is 3. The number of anilines is 2. The molecule has 31 heavy (non-hydrogen) atoms. The Morgan fingerprint density at radius 3 is 2.58 bits per heavy atom. The van der Waals surface area contributed by atoms with Gasteiger partial charge in [-0.2, -0.15) is 5.10 Å². The van der Waals surface area contributed by atoms with Gasteiger partial charge < -0.3 is 20.5 Å². The number of amides is 2. The quantitative estimate of drug-likeness (QED) is 0.306. The summed E-state index contributed by atoms with van der Waals surface area (Å²) >= 11 is 0.936. The van der Waals surface area contributed by atoms with Gasteiger partial charge >= 0.3 is 0 Å². The zero-order valence-electron chi connectivity index (χ0n) is 16.9. The van der Waals surface area contributed by atoms with E-state index in [1.165, 1.54) is 30.5 Å². The van der Waals surface area contributed by atoms with Gasteiger partial charge in [0.1, 0.15) is 5.25 Å². The van der Waals surface area contributed by atoms with Crippen LogP contribution in [0.4, 0.5) is 11.4 Å². The number of rotatable bonds is 6. The third-order valence-corrected chi connectivity index (χ3v) is 5.46. The van der Waals surface area contributed by atoms with E-state index in [-0.39, 0.29) is 22.8 Å². The van der Waals surface area contributed by atoms with Crippen LogP contribution in [-0.2, 0) is 9.59 Å². The normalized spacial score (nSPS) is 16.9. The van der Waals surface area contributed by atoms with Crippen LogP contribution in [0.2, 0.25) is 0 Å². The van der Waals surface area contributed by atoms with Crippen molar-refractivity contribution in [3.63, 3.8) is 0 Å². The average molecular weight is 438 g/mol. The highest BCUT2D eigenvalue weighted by Crippen LogP contribution is 2.30. The van der Waals surface area contributed by atoms with E-state index in [0.717, 1.165) is 27.9 Å². The molecule has 1 saturated heterocycles. The molecule has 0 spiro atoms. The Labute approximate surface area is 183 Å². The van der Waals surface area contributed by atoms with E-state index in [1.807, 2.05) is 43.3 Å². The van der Waals surface area contributed by atoms with E-state index in [4.69, 9.17) is 5.73 Å². The summed E-state index contributed by atoms with van der Waals surface area (Å²) in [4.78, 5) is 39.0. The van der Waals surface area contributed by atoms with Crippen molar-refractivity contribution in [3.8, 4) is 0 Å². The van der Waals surface area contributed by atoms with Crippen LogP contribution < -0.4 is 20.6 Å². The van der Waals surface area contributed by atoms with E-state index in [9.17, 15) is 19.5 Å². The van der Waals surface area contributed by atoms with Crippen molar-refractivity contribution in [1.29, 1.82) is 0 Å². The highest BCUT2D eigenvalue weighted by Gasteiger charge is 2.40. The third-order valence-electron chi connectivity index (χ3n) is 4.48. The smallest absolute Gasteiger partial charge is 0.247 e. The van der Waals surface area contributed by atoms with E-state index in [0.29, 0.717) is 0 Å². The fraction of sp³-hybridized carbons (Fsp3) is 0.190. The van der Waals surface area contributed by atoms with Crippen molar-refractivity contribution in [1.82, 2.24) is 0 Å². The zero-order chi connectivity index (χ0) is 22.5. The summed E-state index contributed by atoms with van der Waals surface area (Å²) in [6.45, 7) is 0. The number of benzene rings is 2. The van der Waals surface area contributed by atoms with E-state index >= 15 is 0 Å². The van der Waals surface area contributed by atoms with E-state index in [1.54, 1.807) is 0 Å². The largest absolute Gasteiger partial charge is 0.545 e. The maximum atomic E-state index is 12.7. The molecule has 10 heteroatoms. The topological polar surface area (TPSA) is 131 Å². The number of nitrogens with two attached hydrogens (primary N) is 1. The van der Waals surface area contributed by atoms with Crippen molar-refractivity contribution in [3.05, 3.63) is 59.7 Å². The molecule has 0 saturated carbocycles. The molecule has 2 N–H and O–H groups in total. The first kappa shape index (κ1) is 22.0. The van der Waals surface area contributed by atoms with Gasteiger partial charge in [0.25, 0.3) is 0 Å². The van der Waals surface area contributed by atoms with Crippen LogP contribution >= 0.6 is 11.8 Å². The Balaban J connectivity index is 1.65. The molecule has 0 bridgehead atoms. The standard InChI is InChI=1S/C21H21N5O4S/c1-25(2)15-8-6-13(7-9-15)12-23-24-21(22)31-17-11-18(27)26(19(17)28)16-5-3-4-14(10-16)20(29)30/h3-10,12,17H,11H2,1-2H3,(H2,22,24)(H,29,30)/p-1/b23-12-/t17-/m0/s1. The molecule has 1 aliphatic heterocycles. The average Bonchev–Trinajstić information content (AvgIpc) is 3.01. The highest BCUT2D eigenvalue weighted by atomic mass is 32.2. The first-order chi connectivity index (χ1) is 14.8. The molecule has 1 aliphatic rings. The molecule has 0 radical (unpaired) electrons. The fourth-order valence-corrected chi connectivity index (χ4v) is 3.74. The second-order valence-corrected chi connectivity index (χ2v) is 8.11. The molecule has 160 valence electrons. The predicted molar refractivity (Wildman–Crippen MR) is 119 cm³/mol. The minimum Gasteiger partial charge on any atom is -0.545 e. The maximum absolute atomic E-state index is 12.7. The van der Waals surface area contributed by atoms with Crippen molar-refractivity contribution in [2.75, 3.05) is 23.9 Å². The minimum atomic E-state index is -1.39. The zero-order valence-corrected chi connectivity index (χ0v) is 17.7. The summed E-state index contributed by atoms with van der Waals surface area (Å²) < 4.78 is 0. The lowest BCUT2D eigenvalue weighted by atomic mass is 10.2. The Hall–Kier alpha value is -3.66. The number of aromatic carboxylic acids is 1. The van der Waals surface area contributed by atoms with Gasteiger partial charge in [0, 0.05) is 26.2 Å². The minimum absolute atomic E-state index is 0.0395. The second kappa shape index (κ2) is 9.43. The van der Waals surface area contributed by atoms with Gasteiger partial charge in [-0.25, -0.2) is 4.90 Å². The summed E-state index contributed by atoms with van der Waals surface area (Å²) in [6.07, 6.45) is 1.46. The Morgan fingerprint density at radius 1 is 1.23 bits per heavy atom. The molecule has 0 aromatic heterocycles. The first-order valence-corrected chi connectivity index (χ1v) is 10.1. The predicted octanol–water partition coefficient (Wildman–Crippen LogP) is 0.830. The van der Waals surface area contributed by atoms with Gasteiger partial charge in [-0.05, 0) is 35.4 Å². The number of imide groups is 1. The molecule has 1 atom stereocenters. The number of nitrogens with zero attached hydrogens (tertiary/aromatic N) is 4. The Bertz CT molecular complexity index is 1070. The van der Waals surface area contributed by atoms with Crippen molar-refractivity contribution >= 4 is 52.3 Å². The highest BCUT2D eigenvalue weighted by molar-refractivity contribution is 8.14. The number of thioether (sulfide) groups is 1. The monoisotopic (exact) mass is 438 g/mol. The molecular formula is C21H20N5O4S-. The second-order valence-electron chi connectivity index (χ2n) is 6.88. The van der Waals surface area contributed by atoms with Crippen LogP contribution in [0.3, 0.4) is 0 Å². The van der Waals surface area contributed by atoms with Gasteiger partial charge in [0.2, 0.25) is 11.8 Å². The molecule has 3 rings (SSSR count). The van der Waals surface area contributed by atoms with Crippen molar-refractivity contribution in [2.24, 2.45) is 15.9 Å². The lowest BCUT2D eigenvalue weighted by Crippen LogP contribution is -2.32. The van der Waals surface area contributed by atoms with Crippen LogP contribution in [0.5, 0.6) is 0 Å². The lowest BCUT2D eigenvalue weighted by Gasteiger charge is -2.16. The van der Waals surface area contributed by atoms with Gasteiger partial charge in [-0.1, -0.05) is 36.0 Å². The summed E-state index contributed by atoms with van der Waals surface area (Å²) in [5.41, 5.74) is 7.80. The van der Waals surface area contributed by atoms with Crippen molar-refractivity contribution in [2.45, 2.75) is 11.7 Å². The molecule has 2 aromatic rings. The van der Waals surface area contributed by atoms with Gasteiger partial charge in [-0.15, -0.1) is 5.10 Å². The summed E-state index contributed by atoms with van der Waals surface area (Å²) in [5.74, 6) is -2.33. The van der Waals surface area contributed by atoms with Crippen LogP contribution in [0.15, 0.2) is 58.7 Å². The molecule has 1 fully saturated rings. The van der Waals surface area contributed by atoms with Crippen LogP contribution in [0.25, 0.3) is 0 Å². The van der Waals surface area contributed by atoms with E-state index < -0.39 is 23.0 Å². The first-order valence-electron chi connectivity index (χ1n) is 9.25.